The maximum Gasteiger partial charge on any atom is 0.262 e. The molecule has 4 heterocycles. The van der Waals surface area contributed by atoms with Gasteiger partial charge in [0.1, 0.15) is 0 Å². The maximum atomic E-state index is 12.7. The van der Waals surface area contributed by atoms with Crippen LogP contribution in [-0.2, 0) is 0 Å². The lowest BCUT2D eigenvalue weighted by atomic mass is 10.0. The van der Waals surface area contributed by atoms with E-state index in [1.165, 1.54) is 6.42 Å². The number of thiophene rings is 1. The molecular weight excluding hydrogens is 308 g/mol. The third-order valence-corrected chi connectivity index (χ3v) is 5.07. The zero-order valence-corrected chi connectivity index (χ0v) is 13.8. The van der Waals surface area contributed by atoms with Crippen LogP contribution in [0.4, 0.5) is 5.95 Å². The van der Waals surface area contributed by atoms with Gasteiger partial charge >= 0.3 is 0 Å². The first-order valence-electron chi connectivity index (χ1n) is 7.89. The second-order valence-electron chi connectivity index (χ2n) is 6.15. The van der Waals surface area contributed by atoms with Crippen LogP contribution in [0.15, 0.2) is 33.9 Å². The lowest BCUT2D eigenvalue weighted by molar-refractivity contribution is 0.442. The minimum absolute atomic E-state index is 0.113. The summed E-state index contributed by atoms with van der Waals surface area (Å²) in [6.45, 7) is 4.10. The van der Waals surface area contributed by atoms with Crippen molar-refractivity contribution >= 4 is 28.3 Å². The highest BCUT2D eigenvalue weighted by molar-refractivity contribution is 7.08. The third-order valence-electron chi connectivity index (χ3n) is 4.38. The summed E-state index contributed by atoms with van der Waals surface area (Å²) in [5, 5.41) is 4.61. The van der Waals surface area contributed by atoms with Gasteiger partial charge in [0, 0.05) is 24.8 Å². The number of pyridine rings is 1. The molecule has 4 rings (SSSR count). The Labute approximate surface area is 138 Å². The summed E-state index contributed by atoms with van der Waals surface area (Å²) in [6.07, 6.45) is 4.09. The summed E-state index contributed by atoms with van der Waals surface area (Å²) in [7, 11) is 0. The highest BCUT2D eigenvalue weighted by atomic mass is 32.1. The molecule has 0 radical (unpaired) electrons. The molecular formula is C17H18N4OS. The third kappa shape index (κ3) is 2.63. The van der Waals surface area contributed by atoms with Gasteiger partial charge in [-0.3, -0.25) is 9.78 Å². The number of anilines is 1. The smallest absolute Gasteiger partial charge is 0.262 e. The standard InChI is InChI=1S/C17H18N4OS/c1-11-3-2-7-21(9-11)17-19-15-14(16(22)20-17)13(4-6-18-15)12-5-8-23-10-12/h4-6,8,10-11H,2-3,7,9H2,1H3,(H,18,19,20,22). The molecule has 0 aliphatic carbocycles. The van der Waals surface area contributed by atoms with Crippen molar-refractivity contribution in [1.29, 1.82) is 0 Å². The average molecular weight is 326 g/mol. The van der Waals surface area contributed by atoms with Gasteiger partial charge in [-0.2, -0.15) is 16.3 Å². The van der Waals surface area contributed by atoms with E-state index in [-0.39, 0.29) is 5.56 Å². The van der Waals surface area contributed by atoms with Crippen LogP contribution in [-0.4, -0.2) is 28.0 Å². The summed E-state index contributed by atoms with van der Waals surface area (Å²) in [5.74, 6) is 1.26. The van der Waals surface area contributed by atoms with Crippen LogP contribution in [0.1, 0.15) is 19.8 Å². The average Bonchev–Trinajstić information content (AvgIpc) is 3.08. The van der Waals surface area contributed by atoms with Crippen LogP contribution >= 0.6 is 11.3 Å². The predicted molar refractivity (Wildman–Crippen MR) is 94.1 cm³/mol. The first-order chi connectivity index (χ1) is 11.2. The Kier molecular flexibility index (Phi) is 3.61. The van der Waals surface area contributed by atoms with Gasteiger partial charge in [0.05, 0.1) is 5.39 Å². The minimum atomic E-state index is -0.113. The fourth-order valence-electron chi connectivity index (χ4n) is 3.24. The molecule has 6 heteroatoms. The fourth-order valence-corrected chi connectivity index (χ4v) is 3.90. The number of hydrogen-bond acceptors (Lipinski definition) is 5. The van der Waals surface area contributed by atoms with Gasteiger partial charge < -0.3 is 4.90 Å². The highest BCUT2D eigenvalue weighted by Gasteiger charge is 2.20. The molecule has 0 saturated carbocycles. The predicted octanol–water partition coefficient (Wildman–Crippen LogP) is 3.28. The van der Waals surface area contributed by atoms with Gasteiger partial charge in [-0.15, -0.1) is 0 Å². The van der Waals surface area contributed by atoms with Crippen LogP contribution < -0.4 is 10.5 Å². The summed E-state index contributed by atoms with van der Waals surface area (Å²) in [4.78, 5) is 26.8. The van der Waals surface area contributed by atoms with Gasteiger partial charge in [-0.1, -0.05) is 6.92 Å². The lowest BCUT2D eigenvalue weighted by Crippen LogP contribution is -2.36. The van der Waals surface area contributed by atoms with Crippen LogP contribution in [0.25, 0.3) is 22.2 Å². The molecule has 0 aromatic carbocycles. The van der Waals surface area contributed by atoms with Gasteiger partial charge in [0.25, 0.3) is 5.56 Å². The molecule has 3 aromatic heterocycles. The minimum Gasteiger partial charge on any atom is -0.342 e. The summed E-state index contributed by atoms with van der Waals surface area (Å²) < 4.78 is 0. The van der Waals surface area contributed by atoms with E-state index in [0.717, 1.165) is 30.6 Å². The van der Waals surface area contributed by atoms with Crippen molar-refractivity contribution in [2.75, 3.05) is 18.0 Å². The van der Waals surface area contributed by atoms with Gasteiger partial charge in [-0.25, -0.2) is 4.98 Å². The lowest BCUT2D eigenvalue weighted by Gasteiger charge is -2.31. The molecule has 1 saturated heterocycles. The molecule has 0 spiro atoms. The molecule has 1 N–H and O–H groups in total. The molecule has 0 bridgehead atoms. The van der Waals surface area contributed by atoms with Crippen molar-refractivity contribution in [2.45, 2.75) is 19.8 Å². The molecule has 1 aliphatic rings. The number of piperidine rings is 1. The van der Waals surface area contributed by atoms with Crippen LogP contribution in [0.3, 0.4) is 0 Å². The van der Waals surface area contributed by atoms with Crippen molar-refractivity contribution in [3.05, 3.63) is 39.4 Å². The highest BCUT2D eigenvalue weighted by Crippen LogP contribution is 2.27. The van der Waals surface area contributed by atoms with Crippen molar-refractivity contribution in [2.24, 2.45) is 5.92 Å². The Balaban J connectivity index is 1.84. The summed E-state index contributed by atoms with van der Waals surface area (Å²) >= 11 is 1.61. The Bertz CT molecular complexity index is 887. The van der Waals surface area contributed by atoms with E-state index in [9.17, 15) is 4.79 Å². The molecule has 1 unspecified atom stereocenters. The number of fused-ring (bicyclic) bond motifs is 1. The number of nitrogens with one attached hydrogen (secondary N) is 1. The number of aromatic amines is 1. The molecule has 3 aromatic rings. The van der Waals surface area contributed by atoms with Gasteiger partial charge in [0.2, 0.25) is 5.95 Å². The number of aromatic nitrogens is 3. The molecule has 1 fully saturated rings. The molecule has 0 amide bonds. The van der Waals surface area contributed by atoms with Crippen LogP contribution in [0.2, 0.25) is 0 Å². The Morgan fingerprint density at radius 2 is 2.30 bits per heavy atom. The molecule has 1 atom stereocenters. The van der Waals surface area contributed by atoms with Crippen molar-refractivity contribution in [3.63, 3.8) is 0 Å². The Morgan fingerprint density at radius 1 is 1.39 bits per heavy atom. The maximum absolute atomic E-state index is 12.7. The SMILES string of the molecule is CC1CCCN(c2nc3nccc(-c4ccsc4)c3c(=O)[nH]2)C1. The molecule has 118 valence electrons. The molecule has 5 nitrogen and oxygen atoms in total. The Morgan fingerprint density at radius 3 is 3.09 bits per heavy atom. The Hall–Kier alpha value is -2.21. The van der Waals surface area contributed by atoms with E-state index in [0.29, 0.717) is 22.9 Å². The van der Waals surface area contributed by atoms with Crippen molar-refractivity contribution in [1.82, 2.24) is 15.0 Å². The normalized spacial score (nSPS) is 18.5. The second kappa shape index (κ2) is 5.77. The zero-order chi connectivity index (χ0) is 15.8. The number of nitrogens with zero attached hydrogens (tertiary/aromatic N) is 3. The number of H-pyrrole nitrogens is 1. The fraction of sp³-hybridized carbons (Fsp3) is 0.353. The number of rotatable bonds is 2. The van der Waals surface area contributed by atoms with Crippen molar-refractivity contribution < 1.29 is 0 Å². The zero-order valence-electron chi connectivity index (χ0n) is 13.0. The first-order valence-corrected chi connectivity index (χ1v) is 8.83. The van der Waals surface area contributed by atoms with Crippen LogP contribution in [0.5, 0.6) is 0 Å². The largest absolute Gasteiger partial charge is 0.342 e. The molecule has 1 aliphatic heterocycles. The topological polar surface area (TPSA) is 61.9 Å². The van der Waals surface area contributed by atoms with E-state index in [1.807, 2.05) is 22.9 Å². The summed E-state index contributed by atoms with van der Waals surface area (Å²) in [5.41, 5.74) is 2.33. The number of hydrogen-bond donors (Lipinski definition) is 1. The first kappa shape index (κ1) is 14.4. The molecule has 23 heavy (non-hydrogen) atoms. The second-order valence-corrected chi connectivity index (χ2v) is 6.93. The van der Waals surface area contributed by atoms with E-state index < -0.39 is 0 Å². The quantitative estimate of drug-likeness (QED) is 0.785. The van der Waals surface area contributed by atoms with Crippen molar-refractivity contribution in [3.8, 4) is 11.1 Å². The van der Waals surface area contributed by atoms with Crippen LogP contribution in [0, 0.1) is 5.92 Å². The summed E-state index contributed by atoms with van der Waals surface area (Å²) in [6, 6.07) is 3.89. The van der Waals surface area contributed by atoms with E-state index in [2.05, 4.69) is 26.8 Å². The van der Waals surface area contributed by atoms with Gasteiger partial charge in [-0.05, 0) is 47.2 Å². The van der Waals surface area contributed by atoms with Gasteiger partial charge in [0.15, 0.2) is 5.65 Å². The monoisotopic (exact) mass is 326 g/mol. The van der Waals surface area contributed by atoms with E-state index in [1.54, 1.807) is 17.5 Å². The van der Waals surface area contributed by atoms with E-state index >= 15 is 0 Å². The van der Waals surface area contributed by atoms with E-state index in [4.69, 9.17) is 0 Å².